The average molecular weight is 1920 g/mol. The number of nitrogens with two attached hydrogens (primary N) is 3. The number of nitrogens with one attached hydrogen (secondary N) is 4. The number of fused-ring (bicyclic) bond motifs is 1. The lowest BCUT2D eigenvalue weighted by atomic mass is 10.1. The van der Waals surface area contributed by atoms with Crippen LogP contribution >= 0.6 is 47.6 Å². The number of halogens is 2. The third-order valence-corrected chi connectivity index (χ3v) is 21.9. The largest absolute Gasteiger partial charge is 0.505 e. The number of nitrogens with zero attached hydrogens (tertiary/aromatic N) is 14. The van der Waals surface area contributed by atoms with Gasteiger partial charge in [-0.1, -0.05) is 27.8 Å². The van der Waals surface area contributed by atoms with Crippen LogP contribution < -0.4 is 38.5 Å². The molecule has 2 heterocycles. The van der Waals surface area contributed by atoms with Crippen molar-refractivity contribution in [3.63, 3.8) is 0 Å². The molecule has 1 atom stereocenters. The summed E-state index contributed by atoms with van der Waals surface area (Å²) in [5.41, 5.74) is 19.5. The first kappa shape index (κ1) is 96.9. The van der Waals surface area contributed by atoms with E-state index in [2.05, 4.69) is 115 Å². The zero-order chi connectivity index (χ0) is 89.3. The van der Waals surface area contributed by atoms with E-state index in [1.165, 1.54) is 55.6 Å². The number of benzene rings is 8. The molecule has 0 aliphatic heterocycles. The predicted molar refractivity (Wildman–Crippen MR) is 427 cm³/mol. The van der Waals surface area contributed by atoms with E-state index in [1.54, 1.807) is 18.2 Å². The summed E-state index contributed by atoms with van der Waals surface area (Å²) in [5.74, 6) is -1.97. The van der Waals surface area contributed by atoms with Gasteiger partial charge in [-0.15, -0.1) is 59.5 Å². The van der Waals surface area contributed by atoms with Crippen LogP contribution in [0.25, 0.3) is 10.8 Å². The van der Waals surface area contributed by atoms with Gasteiger partial charge in [0.25, 0.3) is 30.4 Å². The van der Waals surface area contributed by atoms with Crippen molar-refractivity contribution in [3.8, 4) is 5.75 Å². The molecule has 644 valence electrons. The highest BCUT2D eigenvalue weighted by Gasteiger charge is 2.28. The van der Waals surface area contributed by atoms with Crippen molar-refractivity contribution in [1.29, 1.82) is 0 Å². The van der Waals surface area contributed by atoms with E-state index >= 15 is 0 Å². The molecule has 0 radical (unpaired) electrons. The molecule has 0 aliphatic rings. The van der Waals surface area contributed by atoms with Gasteiger partial charge < -0.3 is 43.6 Å². The van der Waals surface area contributed by atoms with Crippen LogP contribution in [-0.4, -0.2) is 167 Å². The van der Waals surface area contributed by atoms with Crippen molar-refractivity contribution in [2.75, 3.05) is 70.2 Å². The maximum atomic E-state index is 12.7. The fourth-order valence-electron chi connectivity index (χ4n) is 9.21. The average Bonchev–Trinajstić information content (AvgIpc) is 0.744. The molecule has 0 spiro atoms. The monoisotopic (exact) mass is 1910 g/mol. The van der Waals surface area contributed by atoms with Crippen LogP contribution in [0.2, 0.25) is 10.6 Å². The summed E-state index contributed by atoms with van der Waals surface area (Å²) in [6.07, 6.45) is 0. The van der Waals surface area contributed by atoms with Crippen LogP contribution in [0, 0.1) is 6.92 Å². The van der Waals surface area contributed by atoms with Crippen molar-refractivity contribution < 1.29 is 132 Å². The fourth-order valence-corrected chi connectivity index (χ4v) is 14.9. The van der Waals surface area contributed by atoms with Gasteiger partial charge in [-0.05, 0) is 157 Å². The van der Waals surface area contributed by atoms with E-state index in [0.29, 0.717) is 28.8 Å². The van der Waals surface area contributed by atoms with Crippen LogP contribution in [0.1, 0.15) is 5.56 Å². The highest BCUT2D eigenvalue weighted by atomic mass is 35.5. The smallest absolute Gasteiger partial charge is 0.425 e. The summed E-state index contributed by atoms with van der Waals surface area (Å²) in [5, 5.41) is 76.9. The number of hydrogen-bond acceptors (Lipinski definition) is 49. The van der Waals surface area contributed by atoms with E-state index in [-0.39, 0.29) is 102 Å². The molecule has 10 aromatic rings. The zero-order valence-electron chi connectivity index (χ0n) is 59.9. The SMILES string of the molecule is CN=Nc1c(S(=O)(=O)O)cc2cc(SOOO)c(N=Nc3ccc(Nc4nc(Cl)nc(Nc5ccc(N=Nc6ccc(S(=O)(=O)CCOSOOO)cc6S(=O)(=O)O)c(N)c5)n4)cc3S(=O)(=O)O)c(O)c2c1N.Cc1ccc(Nc2nc(Cl)nc(Nc3ccc(N=Nc4ccc(S(=O)(=O)CCOS(=O)O)cc4)c(N)c3)n2)cc1.O=S(=O)=O.O=S(=O)=O. The van der Waals surface area contributed by atoms with Gasteiger partial charge in [0.05, 0.1) is 79.6 Å². The van der Waals surface area contributed by atoms with E-state index in [4.69, 9.17) is 84.9 Å². The molecule has 0 saturated heterocycles. The quantitative estimate of drug-likeness (QED) is 0.00265. The molecule has 0 fully saturated rings. The molecule has 0 aliphatic carbocycles. The molecular formula is C58H53Cl2N21O30S10. The molecule has 8 aromatic carbocycles. The number of phenolic OH excluding ortho intramolecular Hbond substituents is 1. The Morgan fingerprint density at radius 3 is 1.38 bits per heavy atom. The molecule has 10 rings (SSSR count). The Labute approximate surface area is 704 Å². The number of aryl methyl sites for hydroxylation is 1. The first-order valence-electron chi connectivity index (χ1n) is 31.3. The van der Waals surface area contributed by atoms with Gasteiger partial charge in [0, 0.05) is 29.8 Å². The lowest BCUT2D eigenvalue weighted by Crippen LogP contribution is -2.13. The third kappa shape index (κ3) is 29.9. The maximum absolute atomic E-state index is 12.7. The Hall–Kier alpha value is -11.2. The van der Waals surface area contributed by atoms with Crippen LogP contribution in [0.4, 0.5) is 103 Å². The molecule has 0 amide bonds. The summed E-state index contributed by atoms with van der Waals surface area (Å²) < 4.78 is 241. The summed E-state index contributed by atoms with van der Waals surface area (Å²) in [7, 11) is -28.1. The van der Waals surface area contributed by atoms with Crippen LogP contribution in [0.3, 0.4) is 0 Å². The minimum absolute atomic E-state index is 0.000698. The second-order valence-corrected chi connectivity index (χ2v) is 34.0. The Morgan fingerprint density at radius 2 is 0.901 bits per heavy atom. The minimum Gasteiger partial charge on any atom is -0.505 e. The summed E-state index contributed by atoms with van der Waals surface area (Å²) in [6.45, 7) is 1.10. The number of aromatic nitrogens is 6. The number of azo groups is 4. The second kappa shape index (κ2) is 43.8. The number of hydrogen-bond donors (Lipinski definition) is 14. The van der Waals surface area contributed by atoms with E-state index in [1.807, 2.05) is 31.2 Å². The molecule has 2 aromatic heterocycles. The molecule has 0 saturated carbocycles. The second-order valence-electron chi connectivity index (χ2n) is 22.2. The van der Waals surface area contributed by atoms with Crippen molar-refractivity contribution in [2.24, 2.45) is 40.9 Å². The summed E-state index contributed by atoms with van der Waals surface area (Å²) >= 11 is 10.0. The van der Waals surface area contributed by atoms with Crippen LogP contribution in [0.15, 0.2) is 204 Å². The first-order chi connectivity index (χ1) is 56.9. The third-order valence-electron chi connectivity index (χ3n) is 14.2. The fraction of sp³-hybridized carbons (Fsp3) is 0.103. The Morgan fingerprint density at radius 1 is 0.479 bits per heavy atom. The van der Waals surface area contributed by atoms with Gasteiger partial charge in [0.15, 0.2) is 37.7 Å². The maximum Gasteiger partial charge on any atom is 0.425 e. The van der Waals surface area contributed by atoms with Crippen molar-refractivity contribution in [2.45, 2.75) is 36.3 Å². The lowest BCUT2D eigenvalue weighted by Gasteiger charge is -2.14. The molecule has 0 bridgehead atoms. The normalized spacial score (nSPS) is 12.1. The predicted octanol–water partition coefficient (Wildman–Crippen LogP) is 10.8. The number of sulfone groups is 2. The Balaban J connectivity index is 0.000000350. The van der Waals surface area contributed by atoms with Crippen LogP contribution in [0.5, 0.6) is 5.75 Å². The Kier molecular flexibility index (Phi) is 35.1. The number of nitrogen functional groups attached to an aromatic ring is 3. The number of anilines is 11. The Bertz CT molecular complexity index is 6500. The molecule has 63 heteroatoms. The minimum atomic E-state index is -5.12. The van der Waals surface area contributed by atoms with E-state index in [0.717, 1.165) is 47.6 Å². The molecule has 121 heavy (non-hydrogen) atoms. The van der Waals surface area contributed by atoms with E-state index < -0.39 is 161 Å². The van der Waals surface area contributed by atoms with Crippen molar-refractivity contribution in [1.82, 2.24) is 29.9 Å². The molecule has 51 nitrogen and oxygen atoms in total. The standard InChI is InChI=1S/C34H30ClN13O19S6.C24H23ClN8O5S2.2O3S/c1-38-47-30-26(73(60,61)62)11-15-10-23(68-66-64-50)29(31(49)27(15)28(30)37)48-46-21-6-3-17(13-24(21)71(54,55)56)40-34-42-32(35)41-33(43-34)39-16-2-5-20(19(36)12-16)44-45-22-7-4-18(14-25(22)72(57,58)59)70(52,53)9-8-63-69-67-65-51;1-15-2-4-16(5-3-15)27-23-29-22(25)30-24(31-23)28-18-8-11-21(20(26)14-18)33-32-17-6-9-19(10-7-17)40(36,37)13-12-38-39(34)35;2*1-4(2)3/h2-7,10-14,49-51H,8-9,36-37H2,1H3,(H,54,55,56)(H,57,58,59)(H,60,61,62)(H2,39,40,41,42,43);2-11,14H,12-13,26H2,1H3,(H,34,35)(H2,27,28,29,30,31);;. The van der Waals surface area contributed by atoms with Gasteiger partial charge in [0.2, 0.25) is 34.4 Å². The topological polar surface area (TPSA) is 790 Å². The number of rotatable bonds is 33. The lowest BCUT2D eigenvalue weighted by molar-refractivity contribution is -0.434. The number of phenols is 1. The van der Waals surface area contributed by atoms with Crippen molar-refractivity contribution >= 4 is 244 Å². The molecule has 17 N–H and O–H groups in total. The number of aromatic hydroxyl groups is 1. The molecular weight excluding hydrogens is 1860 g/mol. The highest BCUT2D eigenvalue weighted by molar-refractivity contribution is 7.94. The van der Waals surface area contributed by atoms with Crippen molar-refractivity contribution in [3.05, 3.63) is 150 Å². The zero-order valence-corrected chi connectivity index (χ0v) is 69.6. The van der Waals surface area contributed by atoms with Gasteiger partial charge >= 0.3 is 32.6 Å². The highest BCUT2D eigenvalue weighted by Crippen LogP contribution is 2.50. The van der Waals surface area contributed by atoms with Gasteiger partial charge in [0.1, 0.15) is 48.8 Å². The van der Waals surface area contributed by atoms with Gasteiger partial charge in [-0.2, -0.15) is 74.7 Å². The van der Waals surface area contributed by atoms with Crippen LogP contribution in [-0.2, 0) is 110 Å². The first-order valence-corrected chi connectivity index (χ1v) is 44.1. The summed E-state index contributed by atoms with van der Waals surface area (Å²) in [4.78, 5) is 21.3. The van der Waals surface area contributed by atoms with Gasteiger partial charge in [-0.3, -0.25) is 26.6 Å². The van der Waals surface area contributed by atoms with Gasteiger partial charge in [-0.25, -0.2) is 27.4 Å². The summed E-state index contributed by atoms with van der Waals surface area (Å²) in [6, 6.07) is 30.2. The molecule has 1 unspecified atom stereocenters. The van der Waals surface area contributed by atoms with E-state index in [9.17, 15) is 65.1 Å².